The molecule has 7 rings (SSSR count). The highest BCUT2D eigenvalue weighted by atomic mass is 32.2. The maximum Gasteiger partial charge on any atom is 0.254 e. The van der Waals surface area contributed by atoms with Crippen molar-refractivity contribution in [3.63, 3.8) is 0 Å². The zero-order valence-corrected chi connectivity index (χ0v) is 32.8. The molecule has 3 aliphatic heterocycles. The topological polar surface area (TPSA) is 127 Å². The predicted molar refractivity (Wildman–Crippen MR) is 205 cm³/mol. The van der Waals surface area contributed by atoms with Gasteiger partial charge in [0.15, 0.2) is 17.8 Å². The molecule has 2 aromatic heterocycles. The van der Waals surface area contributed by atoms with Gasteiger partial charge in [-0.05, 0) is 90.9 Å². The first-order valence-electron chi connectivity index (χ1n) is 18.8. The first-order valence-corrected chi connectivity index (χ1v) is 20.1. The van der Waals surface area contributed by atoms with Crippen molar-refractivity contribution >= 4 is 23.5 Å². The second kappa shape index (κ2) is 15.6. The van der Waals surface area contributed by atoms with Crippen LogP contribution in [-0.4, -0.2) is 97.3 Å². The van der Waals surface area contributed by atoms with E-state index in [1.165, 1.54) is 11.8 Å². The summed E-state index contributed by atoms with van der Waals surface area (Å²) in [6.07, 6.45) is 7.71. The van der Waals surface area contributed by atoms with Gasteiger partial charge in [-0.25, -0.2) is 4.98 Å². The minimum Gasteiger partial charge on any atom is -0.448 e. The maximum atomic E-state index is 14.0. The molecule has 3 atom stereocenters. The highest BCUT2D eigenvalue weighted by Gasteiger charge is 2.48. The van der Waals surface area contributed by atoms with E-state index in [2.05, 4.69) is 41.0 Å². The Morgan fingerprint density at radius 2 is 1.75 bits per heavy atom. The molecule has 5 heterocycles. The molecule has 286 valence electrons. The van der Waals surface area contributed by atoms with Crippen molar-refractivity contribution in [3.05, 3.63) is 63.2 Å². The van der Waals surface area contributed by atoms with Gasteiger partial charge in [0.05, 0.1) is 25.4 Å². The Balaban J connectivity index is 1.16. The molecule has 0 spiro atoms. The van der Waals surface area contributed by atoms with E-state index in [4.69, 9.17) is 28.7 Å². The van der Waals surface area contributed by atoms with E-state index in [-0.39, 0.29) is 42.4 Å². The molecule has 1 saturated carbocycles. The van der Waals surface area contributed by atoms with Crippen molar-refractivity contribution in [1.82, 2.24) is 20.2 Å². The summed E-state index contributed by atoms with van der Waals surface area (Å²) in [4.78, 5) is 40.1. The van der Waals surface area contributed by atoms with Crippen LogP contribution in [0.5, 0.6) is 11.5 Å². The first-order chi connectivity index (χ1) is 25.4. The number of aromatic amines is 1. The summed E-state index contributed by atoms with van der Waals surface area (Å²) in [5.74, 6) is 1.01. The number of amides is 1. The Morgan fingerprint density at radius 1 is 1.06 bits per heavy atom. The van der Waals surface area contributed by atoms with Gasteiger partial charge in [-0.15, -0.1) is 11.8 Å². The lowest BCUT2D eigenvalue weighted by atomic mass is 9.81. The fourth-order valence-electron chi connectivity index (χ4n) is 8.34. The van der Waals surface area contributed by atoms with Gasteiger partial charge in [-0.1, -0.05) is 0 Å². The van der Waals surface area contributed by atoms with Crippen LogP contribution in [0.15, 0.2) is 40.2 Å². The van der Waals surface area contributed by atoms with Crippen LogP contribution in [0.3, 0.4) is 0 Å². The molecular formula is C40H53N5O7S. The number of aryl methyl sites for hydroxylation is 1. The third kappa shape index (κ3) is 7.95. The maximum absolute atomic E-state index is 14.0. The number of nitrogens with zero attached hydrogens (tertiary/aromatic N) is 3. The summed E-state index contributed by atoms with van der Waals surface area (Å²) in [7, 11) is 2.15. The van der Waals surface area contributed by atoms with Crippen molar-refractivity contribution in [2.75, 3.05) is 51.1 Å². The number of carbonyl (C=O) groups is 1. The van der Waals surface area contributed by atoms with Crippen LogP contribution >= 0.6 is 11.8 Å². The number of likely N-dealkylation sites (N-methyl/N-ethyl adjacent to an activating group) is 1. The smallest absolute Gasteiger partial charge is 0.254 e. The largest absolute Gasteiger partial charge is 0.448 e. The lowest BCUT2D eigenvalue weighted by Crippen LogP contribution is -2.48. The van der Waals surface area contributed by atoms with Gasteiger partial charge in [0.1, 0.15) is 5.82 Å². The zero-order chi connectivity index (χ0) is 37.4. The molecule has 1 aromatic carbocycles. The Bertz CT molecular complexity index is 1850. The summed E-state index contributed by atoms with van der Waals surface area (Å²) >= 11 is 1.48. The second-order valence-electron chi connectivity index (χ2n) is 15.2. The number of ether oxygens (including phenoxy) is 5. The number of morpholine rings is 1. The summed E-state index contributed by atoms with van der Waals surface area (Å²) in [6.45, 7) is 13.6. The molecule has 0 radical (unpaired) electrons. The third-order valence-corrected chi connectivity index (χ3v) is 12.0. The normalized spacial score (nSPS) is 26.0. The van der Waals surface area contributed by atoms with E-state index < -0.39 is 5.79 Å². The number of hydrogen-bond acceptors (Lipinski definition) is 11. The molecule has 2 N–H and O–H groups in total. The van der Waals surface area contributed by atoms with Crippen LogP contribution in [0.4, 0.5) is 5.82 Å². The molecule has 1 amide bonds. The van der Waals surface area contributed by atoms with Crippen molar-refractivity contribution in [2.24, 2.45) is 5.92 Å². The second-order valence-corrected chi connectivity index (χ2v) is 16.0. The van der Waals surface area contributed by atoms with Gasteiger partial charge in [-0.2, -0.15) is 0 Å². The van der Waals surface area contributed by atoms with Gasteiger partial charge in [0.2, 0.25) is 0 Å². The van der Waals surface area contributed by atoms with E-state index in [0.29, 0.717) is 47.4 Å². The average Bonchev–Trinajstić information content (AvgIpc) is 3.79. The number of pyridine rings is 2. The van der Waals surface area contributed by atoms with Crippen LogP contribution in [0.1, 0.15) is 73.6 Å². The number of aromatic nitrogens is 2. The molecule has 12 nitrogen and oxygen atoms in total. The SMILES string of the molecule is CSc1cc(C)[nH]c(=O)c1CNC(=O)c1cc(-c2ccc(N3C[C@@H](C)O[C@@H](C)C3)nc2)c2c(c1C)OC(C)([C@H]1CC[C@H](N(C)CC3OCCO3)CC1)O2. The monoisotopic (exact) mass is 747 g/mol. The summed E-state index contributed by atoms with van der Waals surface area (Å²) in [5, 5.41) is 3.02. The molecule has 0 bridgehead atoms. The van der Waals surface area contributed by atoms with Gasteiger partial charge >= 0.3 is 0 Å². The molecule has 3 fully saturated rings. The minimum atomic E-state index is -0.909. The van der Waals surface area contributed by atoms with Crippen LogP contribution in [0, 0.1) is 19.8 Å². The molecule has 4 aliphatic rings. The fraction of sp³-hybridized carbons (Fsp3) is 0.575. The molecular weight excluding hydrogens is 695 g/mol. The number of carbonyl (C=O) groups excluding carboxylic acids is 1. The number of fused-ring (bicyclic) bond motifs is 1. The van der Waals surface area contributed by atoms with Crippen molar-refractivity contribution in [2.45, 2.75) is 102 Å². The lowest BCUT2D eigenvalue weighted by molar-refractivity contribution is -0.126. The fourth-order valence-corrected chi connectivity index (χ4v) is 9.04. The summed E-state index contributed by atoms with van der Waals surface area (Å²) in [5.41, 5.74) is 3.82. The first kappa shape index (κ1) is 37.7. The predicted octanol–water partition coefficient (Wildman–Crippen LogP) is 5.67. The van der Waals surface area contributed by atoms with Gasteiger partial charge < -0.3 is 38.9 Å². The third-order valence-electron chi connectivity index (χ3n) is 11.2. The summed E-state index contributed by atoms with van der Waals surface area (Å²) < 4.78 is 31.1. The van der Waals surface area contributed by atoms with E-state index in [1.54, 1.807) is 0 Å². The Morgan fingerprint density at radius 3 is 2.42 bits per heavy atom. The zero-order valence-electron chi connectivity index (χ0n) is 32.0. The number of anilines is 1. The van der Waals surface area contributed by atoms with Crippen molar-refractivity contribution in [1.29, 1.82) is 0 Å². The molecule has 3 aromatic rings. The van der Waals surface area contributed by atoms with E-state index >= 15 is 0 Å². The number of rotatable bonds is 10. The van der Waals surface area contributed by atoms with Gasteiger partial charge in [0.25, 0.3) is 17.3 Å². The van der Waals surface area contributed by atoms with E-state index in [0.717, 1.165) is 72.9 Å². The van der Waals surface area contributed by atoms with Crippen LogP contribution < -0.4 is 25.2 Å². The van der Waals surface area contributed by atoms with E-state index in [1.807, 2.05) is 57.5 Å². The molecule has 1 unspecified atom stereocenters. The van der Waals surface area contributed by atoms with Gasteiger partial charge in [0, 0.05) is 89.7 Å². The van der Waals surface area contributed by atoms with E-state index in [9.17, 15) is 9.59 Å². The average molecular weight is 748 g/mol. The molecule has 13 heteroatoms. The van der Waals surface area contributed by atoms with Gasteiger partial charge in [-0.3, -0.25) is 14.5 Å². The van der Waals surface area contributed by atoms with Crippen LogP contribution in [-0.2, 0) is 20.8 Å². The van der Waals surface area contributed by atoms with Crippen molar-refractivity contribution < 1.29 is 28.5 Å². The van der Waals surface area contributed by atoms with Crippen molar-refractivity contribution in [3.8, 4) is 22.6 Å². The quantitative estimate of drug-likeness (QED) is 0.249. The number of H-pyrrole nitrogens is 1. The highest BCUT2D eigenvalue weighted by Crippen LogP contribution is 2.53. The number of thioether (sulfide) groups is 1. The van der Waals surface area contributed by atoms with Crippen LogP contribution in [0.25, 0.3) is 11.1 Å². The minimum absolute atomic E-state index is 0.0921. The number of nitrogens with one attached hydrogen (secondary N) is 2. The lowest BCUT2D eigenvalue weighted by Gasteiger charge is -2.40. The Labute approximate surface area is 316 Å². The Kier molecular flexibility index (Phi) is 11.1. The molecule has 53 heavy (non-hydrogen) atoms. The number of benzene rings is 1. The number of hydrogen-bond donors (Lipinski definition) is 2. The Hall–Kier alpha value is -3.62. The molecule has 2 saturated heterocycles. The summed E-state index contributed by atoms with van der Waals surface area (Å²) in [6, 6.07) is 8.29. The standard InChI is InChI=1S/C40H53N5O7S/c1-23-16-33(53-7)32(39(47)43-23)19-42-38(46)30-17-31(27-8-13-34(41-18-27)45-20-24(2)50-25(3)21-45)37-36(26(30)4)51-40(5,52-37)28-9-11-29(12-10-28)44(6)22-35-48-14-15-49-35/h8,13,16-18,24-25,28-29,35H,9-12,14-15,19-22H2,1-7H3,(H,42,46)(H,43,47)/t24-,25+,28-,29-,40?. The molecule has 1 aliphatic carbocycles. The highest BCUT2D eigenvalue weighted by molar-refractivity contribution is 7.98. The van der Waals surface area contributed by atoms with Crippen LogP contribution in [0.2, 0.25) is 0 Å².